The standard InChI is InChI=1S/C8H7BrOS/c9-6-3-7(11-4-6)8(5-10)1-2-8/h3-5H,1-2H2. The number of hydrogen-bond donors (Lipinski definition) is 0. The summed E-state index contributed by atoms with van der Waals surface area (Å²) < 4.78 is 1.09. The summed E-state index contributed by atoms with van der Waals surface area (Å²) in [5.41, 5.74) is -0.0866. The van der Waals surface area contributed by atoms with Crippen LogP contribution in [0, 0.1) is 0 Å². The molecule has 58 valence electrons. The molecule has 0 unspecified atom stereocenters. The van der Waals surface area contributed by atoms with Crippen LogP contribution in [0.2, 0.25) is 0 Å². The molecule has 1 aliphatic carbocycles. The number of carbonyl (C=O) groups is 1. The molecule has 1 fully saturated rings. The van der Waals surface area contributed by atoms with Crippen molar-refractivity contribution in [2.24, 2.45) is 0 Å². The SMILES string of the molecule is O=CC1(c2cc(Br)cs2)CC1. The van der Waals surface area contributed by atoms with Gasteiger partial charge in [0.1, 0.15) is 6.29 Å². The van der Waals surface area contributed by atoms with Crippen LogP contribution >= 0.6 is 27.3 Å². The average molecular weight is 231 g/mol. The van der Waals surface area contributed by atoms with Crippen LogP contribution in [0.4, 0.5) is 0 Å². The zero-order valence-electron chi connectivity index (χ0n) is 5.84. The highest BCUT2D eigenvalue weighted by atomic mass is 79.9. The zero-order chi connectivity index (χ0) is 7.90. The first-order valence-electron chi connectivity index (χ1n) is 3.48. The summed E-state index contributed by atoms with van der Waals surface area (Å²) in [6.07, 6.45) is 3.15. The number of aldehydes is 1. The van der Waals surface area contributed by atoms with E-state index in [9.17, 15) is 4.79 Å². The van der Waals surface area contributed by atoms with E-state index in [1.165, 1.54) is 4.88 Å². The smallest absolute Gasteiger partial charge is 0.131 e. The third-order valence-corrected chi connectivity index (χ3v) is 3.98. The second-order valence-corrected chi connectivity index (χ2v) is 4.73. The minimum atomic E-state index is -0.0866. The molecular formula is C8H7BrOS. The van der Waals surface area contributed by atoms with Gasteiger partial charge in [-0.3, -0.25) is 0 Å². The van der Waals surface area contributed by atoms with E-state index in [1.807, 2.05) is 11.4 Å². The molecular weight excluding hydrogens is 224 g/mol. The Morgan fingerprint density at radius 2 is 2.36 bits per heavy atom. The van der Waals surface area contributed by atoms with E-state index in [0.717, 1.165) is 23.6 Å². The molecule has 1 aromatic heterocycles. The van der Waals surface area contributed by atoms with Gasteiger partial charge in [-0.05, 0) is 34.8 Å². The Kier molecular flexibility index (Phi) is 1.65. The van der Waals surface area contributed by atoms with E-state index in [0.29, 0.717) is 0 Å². The number of carbonyl (C=O) groups excluding carboxylic acids is 1. The van der Waals surface area contributed by atoms with Crippen molar-refractivity contribution in [3.63, 3.8) is 0 Å². The van der Waals surface area contributed by atoms with Gasteiger partial charge in [-0.15, -0.1) is 11.3 Å². The topological polar surface area (TPSA) is 17.1 Å². The van der Waals surface area contributed by atoms with Crippen molar-refractivity contribution in [3.8, 4) is 0 Å². The first-order chi connectivity index (χ1) is 5.27. The van der Waals surface area contributed by atoms with Gasteiger partial charge in [-0.1, -0.05) is 0 Å². The predicted octanol–water partition coefficient (Wildman–Crippen LogP) is 2.74. The van der Waals surface area contributed by atoms with Crippen LogP contribution < -0.4 is 0 Å². The number of halogens is 1. The molecule has 1 aliphatic rings. The summed E-state index contributed by atoms with van der Waals surface area (Å²) in [5.74, 6) is 0. The minimum Gasteiger partial charge on any atom is -0.302 e. The van der Waals surface area contributed by atoms with E-state index in [1.54, 1.807) is 11.3 Å². The minimum absolute atomic E-state index is 0.0866. The molecule has 0 aliphatic heterocycles. The van der Waals surface area contributed by atoms with E-state index in [-0.39, 0.29) is 5.41 Å². The van der Waals surface area contributed by atoms with Crippen LogP contribution in [0.25, 0.3) is 0 Å². The summed E-state index contributed by atoms with van der Waals surface area (Å²) in [6, 6.07) is 2.05. The first-order valence-corrected chi connectivity index (χ1v) is 5.15. The van der Waals surface area contributed by atoms with E-state index in [4.69, 9.17) is 0 Å². The first kappa shape index (κ1) is 7.50. The Morgan fingerprint density at radius 3 is 2.73 bits per heavy atom. The van der Waals surface area contributed by atoms with Gasteiger partial charge in [-0.25, -0.2) is 0 Å². The quantitative estimate of drug-likeness (QED) is 0.715. The lowest BCUT2D eigenvalue weighted by Crippen LogP contribution is -2.04. The Morgan fingerprint density at radius 1 is 1.64 bits per heavy atom. The summed E-state index contributed by atoms with van der Waals surface area (Å²) in [4.78, 5) is 11.9. The Labute approximate surface area is 77.6 Å². The van der Waals surface area contributed by atoms with Crippen molar-refractivity contribution in [2.45, 2.75) is 18.3 Å². The molecule has 0 radical (unpaired) electrons. The van der Waals surface area contributed by atoms with Gasteiger partial charge < -0.3 is 4.79 Å². The molecule has 1 aromatic rings. The maximum atomic E-state index is 10.7. The highest BCUT2D eigenvalue weighted by molar-refractivity contribution is 9.10. The summed E-state index contributed by atoms with van der Waals surface area (Å²) in [7, 11) is 0. The Hall–Kier alpha value is -0.150. The molecule has 0 N–H and O–H groups in total. The maximum absolute atomic E-state index is 10.7. The molecule has 1 nitrogen and oxygen atoms in total. The number of rotatable bonds is 2. The zero-order valence-corrected chi connectivity index (χ0v) is 8.24. The third-order valence-electron chi connectivity index (χ3n) is 2.07. The van der Waals surface area contributed by atoms with Crippen LogP contribution in [-0.4, -0.2) is 6.29 Å². The van der Waals surface area contributed by atoms with E-state index < -0.39 is 0 Å². The van der Waals surface area contributed by atoms with Gasteiger partial charge in [0.2, 0.25) is 0 Å². The summed E-state index contributed by atoms with van der Waals surface area (Å²) >= 11 is 5.04. The molecule has 3 heteroatoms. The van der Waals surface area contributed by atoms with Crippen molar-refractivity contribution in [1.29, 1.82) is 0 Å². The van der Waals surface area contributed by atoms with Crippen LogP contribution in [-0.2, 0) is 10.2 Å². The maximum Gasteiger partial charge on any atom is 0.131 e. The lowest BCUT2D eigenvalue weighted by atomic mass is 10.1. The third kappa shape index (κ3) is 1.16. The van der Waals surface area contributed by atoms with Gasteiger partial charge in [0.15, 0.2) is 0 Å². The average Bonchev–Trinajstić information content (AvgIpc) is 2.70. The lowest BCUT2D eigenvalue weighted by molar-refractivity contribution is -0.109. The molecule has 0 bridgehead atoms. The highest BCUT2D eigenvalue weighted by Gasteiger charge is 2.45. The molecule has 1 heterocycles. The van der Waals surface area contributed by atoms with Crippen LogP contribution in [0.5, 0.6) is 0 Å². The molecule has 1 saturated carbocycles. The fourth-order valence-electron chi connectivity index (χ4n) is 1.13. The molecule has 0 aromatic carbocycles. The van der Waals surface area contributed by atoms with Crippen molar-refractivity contribution in [3.05, 3.63) is 20.8 Å². The van der Waals surface area contributed by atoms with Crippen molar-refractivity contribution >= 4 is 33.6 Å². The van der Waals surface area contributed by atoms with Crippen molar-refractivity contribution in [2.75, 3.05) is 0 Å². The van der Waals surface area contributed by atoms with Gasteiger partial charge in [0.25, 0.3) is 0 Å². The van der Waals surface area contributed by atoms with E-state index >= 15 is 0 Å². The normalized spacial score (nSPS) is 19.7. The number of hydrogen-bond acceptors (Lipinski definition) is 2. The van der Waals surface area contributed by atoms with Gasteiger partial charge >= 0.3 is 0 Å². The Balaban J connectivity index is 2.36. The van der Waals surface area contributed by atoms with Gasteiger partial charge in [0.05, 0.1) is 5.41 Å². The largest absolute Gasteiger partial charge is 0.302 e. The van der Waals surface area contributed by atoms with Crippen LogP contribution in [0.1, 0.15) is 17.7 Å². The van der Waals surface area contributed by atoms with Crippen LogP contribution in [0.15, 0.2) is 15.9 Å². The number of thiophene rings is 1. The predicted molar refractivity (Wildman–Crippen MR) is 49.0 cm³/mol. The Bertz CT molecular complexity index is 288. The monoisotopic (exact) mass is 230 g/mol. The molecule has 0 atom stereocenters. The fraction of sp³-hybridized carbons (Fsp3) is 0.375. The van der Waals surface area contributed by atoms with Crippen molar-refractivity contribution < 1.29 is 4.79 Å². The van der Waals surface area contributed by atoms with Crippen LogP contribution in [0.3, 0.4) is 0 Å². The van der Waals surface area contributed by atoms with Gasteiger partial charge in [0, 0.05) is 14.7 Å². The molecule has 0 spiro atoms. The highest BCUT2D eigenvalue weighted by Crippen LogP contribution is 2.48. The fourth-order valence-corrected chi connectivity index (χ4v) is 2.78. The second-order valence-electron chi connectivity index (χ2n) is 2.90. The summed E-state index contributed by atoms with van der Waals surface area (Å²) in [5, 5.41) is 2.03. The molecule has 0 saturated heterocycles. The molecule has 0 amide bonds. The second kappa shape index (κ2) is 2.42. The molecule has 2 rings (SSSR count). The lowest BCUT2D eigenvalue weighted by Gasteiger charge is -1.99. The summed E-state index contributed by atoms with van der Waals surface area (Å²) in [6.45, 7) is 0. The molecule has 11 heavy (non-hydrogen) atoms. The van der Waals surface area contributed by atoms with E-state index in [2.05, 4.69) is 15.9 Å². The van der Waals surface area contributed by atoms with Gasteiger partial charge in [-0.2, -0.15) is 0 Å². The van der Waals surface area contributed by atoms with Crippen molar-refractivity contribution in [1.82, 2.24) is 0 Å².